The molecule has 1 aliphatic rings. The average molecular weight is 354 g/mol. The molecule has 1 atom stereocenters. The summed E-state index contributed by atoms with van der Waals surface area (Å²) in [5, 5.41) is 3.08. The van der Waals surface area contributed by atoms with Gasteiger partial charge in [0.1, 0.15) is 5.82 Å². The molecule has 2 aromatic rings. The van der Waals surface area contributed by atoms with Crippen LogP contribution in [0.25, 0.3) is 0 Å². The molecule has 3 nitrogen and oxygen atoms in total. The Kier molecular flexibility index (Phi) is 6.04. The van der Waals surface area contributed by atoms with Crippen LogP contribution in [-0.2, 0) is 11.3 Å². The van der Waals surface area contributed by atoms with Gasteiger partial charge in [-0.3, -0.25) is 9.69 Å². The summed E-state index contributed by atoms with van der Waals surface area (Å²) in [5.41, 5.74) is 3.53. The monoisotopic (exact) mass is 354 g/mol. The molecule has 0 bridgehead atoms. The zero-order valence-electron chi connectivity index (χ0n) is 15.5. The van der Waals surface area contributed by atoms with Gasteiger partial charge in [-0.05, 0) is 63.0 Å². The minimum Gasteiger partial charge on any atom is -0.349 e. The molecule has 1 amide bonds. The number of amides is 1. The van der Waals surface area contributed by atoms with E-state index in [2.05, 4.69) is 41.4 Å². The van der Waals surface area contributed by atoms with Crippen molar-refractivity contribution >= 4 is 5.91 Å². The molecular formula is C22H27FN2O. The van der Waals surface area contributed by atoms with E-state index in [-0.39, 0.29) is 23.7 Å². The molecule has 0 saturated carbocycles. The SMILES string of the molecule is Cc1ccc(CN2CCC(C(=O)N[C@H](C)c3ccc(F)cc3)CC2)cc1. The Labute approximate surface area is 155 Å². The number of piperidine rings is 1. The second kappa shape index (κ2) is 8.45. The minimum absolute atomic E-state index is 0.0622. The highest BCUT2D eigenvalue weighted by Crippen LogP contribution is 2.21. The van der Waals surface area contributed by atoms with E-state index in [1.807, 2.05) is 6.92 Å². The number of likely N-dealkylation sites (tertiary alicyclic amines) is 1. The summed E-state index contributed by atoms with van der Waals surface area (Å²) in [7, 11) is 0. The van der Waals surface area contributed by atoms with Crippen molar-refractivity contribution in [3.63, 3.8) is 0 Å². The van der Waals surface area contributed by atoms with Gasteiger partial charge >= 0.3 is 0 Å². The smallest absolute Gasteiger partial charge is 0.223 e. The fraction of sp³-hybridized carbons (Fsp3) is 0.409. The van der Waals surface area contributed by atoms with Crippen molar-refractivity contribution in [3.8, 4) is 0 Å². The van der Waals surface area contributed by atoms with Crippen LogP contribution in [0.2, 0.25) is 0 Å². The van der Waals surface area contributed by atoms with Crippen LogP contribution in [0.3, 0.4) is 0 Å². The lowest BCUT2D eigenvalue weighted by Gasteiger charge is -2.32. The highest BCUT2D eigenvalue weighted by Gasteiger charge is 2.26. The van der Waals surface area contributed by atoms with E-state index >= 15 is 0 Å². The number of nitrogens with one attached hydrogen (secondary N) is 1. The molecule has 4 heteroatoms. The molecule has 0 spiro atoms. The van der Waals surface area contributed by atoms with Gasteiger partial charge in [-0.2, -0.15) is 0 Å². The van der Waals surface area contributed by atoms with Gasteiger partial charge in [0.2, 0.25) is 5.91 Å². The lowest BCUT2D eigenvalue weighted by atomic mass is 9.94. The van der Waals surface area contributed by atoms with Crippen LogP contribution in [0.1, 0.15) is 42.5 Å². The molecule has 138 valence electrons. The number of nitrogens with zero attached hydrogens (tertiary/aromatic N) is 1. The molecular weight excluding hydrogens is 327 g/mol. The van der Waals surface area contributed by atoms with Crippen LogP contribution in [0.5, 0.6) is 0 Å². The van der Waals surface area contributed by atoms with Gasteiger partial charge in [-0.15, -0.1) is 0 Å². The summed E-state index contributed by atoms with van der Waals surface area (Å²) in [6.45, 7) is 6.87. The molecule has 0 aliphatic carbocycles. The van der Waals surface area contributed by atoms with Crippen molar-refractivity contribution in [1.82, 2.24) is 10.2 Å². The molecule has 1 N–H and O–H groups in total. The molecule has 1 heterocycles. The van der Waals surface area contributed by atoms with E-state index in [0.717, 1.165) is 38.0 Å². The van der Waals surface area contributed by atoms with Gasteiger partial charge in [0.25, 0.3) is 0 Å². The molecule has 0 aromatic heterocycles. The number of hydrogen-bond acceptors (Lipinski definition) is 2. The third kappa shape index (κ3) is 4.92. The van der Waals surface area contributed by atoms with Crippen molar-refractivity contribution in [2.24, 2.45) is 5.92 Å². The van der Waals surface area contributed by atoms with E-state index in [0.29, 0.717) is 0 Å². The Morgan fingerprint density at radius 2 is 1.73 bits per heavy atom. The molecule has 0 radical (unpaired) electrons. The number of benzene rings is 2. The third-order valence-corrected chi connectivity index (χ3v) is 5.21. The van der Waals surface area contributed by atoms with E-state index < -0.39 is 0 Å². The normalized spacial score (nSPS) is 17.0. The van der Waals surface area contributed by atoms with E-state index in [1.54, 1.807) is 12.1 Å². The summed E-state index contributed by atoms with van der Waals surface area (Å²) in [6.07, 6.45) is 1.77. The Morgan fingerprint density at radius 3 is 2.35 bits per heavy atom. The van der Waals surface area contributed by atoms with Gasteiger partial charge in [-0.1, -0.05) is 42.0 Å². The first kappa shape index (κ1) is 18.6. The minimum atomic E-state index is -0.256. The van der Waals surface area contributed by atoms with Crippen LogP contribution in [0, 0.1) is 18.7 Å². The number of hydrogen-bond donors (Lipinski definition) is 1. The fourth-order valence-electron chi connectivity index (χ4n) is 3.47. The van der Waals surface area contributed by atoms with E-state index in [4.69, 9.17) is 0 Å². The molecule has 26 heavy (non-hydrogen) atoms. The van der Waals surface area contributed by atoms with Crippen molar-refractivity contribution in [2.75, 3.05) is 13.1 Å². The van der Waals surface area contributed by atoms with Gasteiger partial charge in [0.15, 0.2) is 0 Å². The van der Waals surface area contributed by atoms with Crippen molar-refractivity contribution < 1.29 is 9.18 Å². The highest BCUT2D eigenvalue weighted by atomic mass is 19.1. The van der Waals surface area contributed by atoms with Crippen LogP contribution in [0.4, 0.5) is 4.39 Å². The van der Waals surface area contributed by atoms with E-state index in [1.165, 1.54) is 23.3 Å². The van der Waals surface area contributed by atoms with Gasteiger partial charge in [0, 0.05) is 12.5 Å². The maximum absolute atomic E-state index is 13.0. The van der Waals surface area contributed by atoms with Gasteiger partial charge < -0.3 is 5.32 Å². The summed E-state index contributed by atoms with van der Waals surface area (Å²) >= 11 is 0. The molecule has 3 rings (SSSR count). The number of halogens is 1. The summed E-state index contributed by atoms with van der Waals surface area (Å²) < 4.78 is 13.0. The molecule has 1 aliphatic heterocycles. The highest BCUT2D eigenvalue weighted by molar-refractivity contribution is 5.79. The number of rotatable bonds is 5. The number of aryl methyl sites for hydroxylation is 1. The quantitative estimate of drug-likeness (QED) is 0.872. The largest absolute Gasteiger partial charge is 0.349 e. The first-order chi connectivity index (χ1) is 12.5. The van der Waals surface area contributed by atoms with Crippen molar-refractivity contribution in [3.05, 3.63) is 71.0 Å². The molecule has 1 fully saturated rings. The first-order valence-electron chi connectivity index (χ1n) is 9.35. The maximum atomic E-state index is 13.0. The number of carbonyl (C=O) groups is 1. The summed E-state index contributed by atoms with van der Waals surface area (Å²) in [5.74, 6) is -0.0859. The molecule has 0 unspecified atom stereocenters. The zero-order chi connectivity index (χ0) is 18.5. The molecule has 1 saturated heterocycles. The first-order valence-corrected chi connectivity index (χ1v) is 9.35. The predicted octanol–water partition coefficient (Wildman–Crippen LogP) is 4.22. The van der Waals surface area contributed by atoms with Crippen LogP contribution in [0.15, 0.2) is 48.5 Å². The lowest BCUT2D eigenvalue weighted by molar-refractivity contribution is -0.127. The van der Waals surface area contributed by atoms with E-state index in [9.17, 15) is 9.18 Å². The topological polar surface area (TPSA) is 32.3 Å². The maximum Gasteiger partial charge on any atom is 0.223 e. The Balaban J connectivity index is 1.47. The average Bonchev–Trinajstić information content (AvgIpc) is 2.64. The second-order valence-electron chi connectivity index (χ2n) is 7.32. The third-order valence-electron chi connectivity index (χ3n) is 5.21. The van der Waals surface area contributed by atoms with Crippen molar-refractivity contribution in [2.45, 2.75) is 39.3 Å². The predicted molar refractivity (Wildman–Crippen MR) is 102 cm³/mol. The van der Waals surface area contributed by atoms with Crippen LogP contribution in [-0.4, -0.2) is 23.9 Å². The Morgan fingerprint density at radius 1 is 1.12 bits per heavy atom. The summed E-state index contributed by atoms with van der Waals surface area (Å²) in [6, 6.07) is 14.9. The lowest BCUT2D eigenvalue weighted by Crippen LogP contribution is -2.40. The zero-order valence-corrected chi connectivity index (χ0v) is 15.5. The standard InChI is InChI=1S/C22H27FN2O/c1-16-3-5-18(6-4-16)15-25-13-11-20(12-14-25)22(26)24-17(2)19-7-9-21(23)10-8-19/h3-10,17,20H,11-15H2,1-2H3,(H,24,26)/t17-/m1/s1. The second-order valence-corrected chi connectivity index (χ2v) is 7.32. The van der Waals surface area contributed by atoms with Crippen molar-refractivity contribution in [1.29, 1.82) is 0 Å². The van der Waals surface area contributed by atoms with Gasteiger partial charge in [-0.25, -0.2) is 4.39 Å². The Hall–Kier alpha value is -2.20. The van der Waals surface area contributed by atoms with Crippen LogP contribution >= 0.6 is 0 Å². The van der Waals surface area contributed by atoms with Gasteiger partial charge in [0.05, 0.1) is 6.04 Å². The van der Waals surface area contributed by atoms with Crippen LogP contribution < -0.4 is 5.32 Å². The Bertz CT molecular complexity index is 719. The number of carbonyl (C=O) groups excluding carboxylic acids is 1. The fourth-order valence-corrected chi connectivity index (χ4v) is 3.47. The summed E-state index contributed by atoms with van der Waals surface area (Å²) in [4.78, 5) is 15.0. The molecule has 2 aromatic carbocycles.